The maximum Gasteiger partial charge on any atom is 0.246 e. The van der Waals surface area contributed by atoms with Gasteiger partial charge in [0.2, 0.25) is 10.0 Å². The number of fused-ring (bicyclic) bond motifs is 1. The summed E-state index contributed by atoms with van der Waals surface area (Å²) in [5, 5.41) is 2.89. The summed E-state index contributed by atoms with van der Waals surface area (Å²) in [6, 6.07) is 1.94. The molecule has 2 heterocycles. The number of benzene rings is 1. The predicted molar refractivity (Wildman–Crippen MR) is 82.3 cm³/mol. The fourth-order valence-corrected chi connectivity index (χ4v) is 5.60. The van der Waals surface area contributed by atoms with Crippen LogP contribution in [0.25, 0.3) is 0 Å². The van der Waals surface area contributed by atoms with Gasteiger partial charge < -0.3 is 5.32 Å². The maximum absolute atomic E-state index is 13.2. The summed E-state index contributed by atoms with van der Waals surface area (Å²) in [5.74, 6) is -0.00742. The Labute approximate surface area is 139 Å². The minimum Gasteiger partial charge on any atom is -0.316 e. The quantitative estimate of drug-likeness (QED) is 0.863. The Morgan fingerprint density at radius 3 is 2.10 bits per heavy atom. The molecule has 1 N–H and O–H groups in total. The second-order valence-electron chi connectivity index (χ2n) is 5.20. The Bertz CT molecular complexity index is 621. The van der Waals surface area contributed by atoms with Crippen molar-refractivity contribution >= 4 is 45.6 Å². The number of rotatable bonds is 2. The highest BCUT2D eigenvalue weighted by Crippen LogP contribution is 2.36. The number of sulfonamides is 1. The zero-order valence-corrected chi connectivity index (χ0v) is 14.0. The smallest absolute Gasteiger partial charge is 0.246 e. The van der Waals surface area contributed by atoms with E-state index in [9.17, 15) is 12.8 Å². The maximum atomic E-state index is 13.2. The average molecular weight is 376 g/mol. The molecule has 0 aliphatic carbocycles. The Morgan fingerprint density at radius 2 is 1.62 bits per heavy atom. The third-order valence-corrected chi connectivity index (χ3v) is 6.67. The van der Waals surface area contributed by atoms with E-state index in [1.54, 1.807) is 0 Å². The fraction of sp³-hybridized carbons (Fsp3) is 0.500. The molecule has 2 fully saturated rings. The van der Waals surface area contributed by atoms with Crippen LogP contribution < -0.4 is 5.32 Å². The number of hydrogen-bond acceptors (Lipinski definition) is 3. The lowest BCUT2D eigenvalue weighted by atomic mass is 10.0. The van der Waals surface area contributed by atoms with Crippen LogP contribution in [0.2, 0.25) is 10.0 Å². The molecule has 118 valence electrons. The number of halogens is 4. The van der Waals surface area contributed by atoms with E-state index in [1.807, 2.05) is 0 Å². The van der Waals surface area contributed by atoms with Crippen LogP contribution in [0.3, 0.4) is 0 Å². The van der Waals surface area contributed by atoms with E-state index in [1.165, 1.54) is 4.31 Å². The molecule has 0 bridgehead atoms. The lowest BCUT2D eigenvalue weighted by Crippen LogP contribution is -2.32. The molecule has 9 heteroatoms. The van der Waals surface area contributed by atoms with Gasteiger partial charge >= 0.3 is 0 Å². The van der Waals surface area contributed by atoms with Crippen LogP contribution in [0.5, 0.6) is 0 Å². The number of nitrogens with one attached hydrogen (secondary N) is 1. The van der Waals surface area contributed by atoms with Gasteiger partial charge in [-0.15, -0.1) is 12.4 Å². The van der Waals surface area contributed by atoms with Crippen LogP contribution in [0.4, 0.5) is 4.39 Å². The van der Waals surface area contributed by atoms with Gasteiger partial charge in [-0.05, 0) is 37.1 Å². The number of hydrogen-bond donors (Lipinski definition) is 1. The van der Waals surface area contributed by atoms with Crippen LogP contribution in [-0.4, -0.2) is 38.9 Å². The molecule has 0 spiro atoms. The van der Waals surface area contributed by atoms with Crippen molar-refractivity contribution in [2.24, 2.45) is 11.8 Å². The van der Waals surface area contributed by atoms with Gasteiger partial charge in [-0.2, -0.15) is 4.31 Å². The van der Waals surface area contributed by atoms with Gasteiger partial charge in [0, 0.05) is 13.1 Å². The summed E-state index contributed by atoms with van der Waals surface area (Å²) in [5.41, 5.74) is 0. The molecule has 2 aliphatic rings. The fourth-order valence-electron chi connectivity index (χ4n) is 2.91. The lowest BCUT2D eigenvalue weighted by Gasteiger charge is -2.19. The first-order valence-electron chi connectivity index (χ1n) is 6.25. The Kier molecular flexibility index (Phi) is 5.08. The standard InChI is InChI=1S/C12H13Cl2FN2O2S.ClH/c13-10-1-9(15)2-11(14)12(10)20(18,19)17-5-7-3-16-4-8(7)6-17;/h1-2,7-8,16H,3-6H2;1H/t7-,8+;. The van der Waals surface area contributed by atoms with Gasteiger partial charge in [-0.3, -0.25) is 0 Å². The van der Waals surface area contributed by atoms with Crippen molar-refractivity contribution in [2.45, 2.75) is 4.90 Å². The third kappa shape index (κ3) is 3.02. The van der Waals surface area contributed by atoms with Crippen LogP contribution in [0.15, 0.2) is 17.0 Å². The van der Waals surface area contributed by atoms with Crippen molar-refractivity contribution in [2.75, 3.05) is 26.2 Å². The van der Waals surface area contributed by atoms with E-state index in [-0.39, 0.29) is 27.3 Å². The second-order valence-corrected chi connectivity index (χ2v) is 7.89. The lowest BCUT2D eigenvalue weighted by molar-refractivity contribution is 0.448. The second kappa shape index (κ2) is 6.18. The van der Waals surface area contributed by atoms with Crippen LogP contribution in [0, 0.1) is 17.7 Å². The van der Waals surface area contributed by atoms with Gasteiger partial charge in [0.1, 0.15) is 10.7 Å². The van der Waals surface area contributed by atoms with E-state index in [0.29, 0.717) is 24.9 Å². The first-order chi connectivity index (χ1) is 9.39. The summed E-state index contributed by atoms with van der Waals surface area (Å²) in [7, 11) is -3.78. The zero-order valence-electron chi connectivity index (χ0n) is 10.9. The Hall–Kier alpha value is -0.110. The van der Waals surface area contributed by atoms with E-state index >= 15 is 0 Å². The van der Waals surface area contributed by atoms with Crippen LogP contribution >= 0.6 is 35.6 Å². The molecule has 0 radical (unpaired) electrons. The molecule has 0 unspecified atom stereocenters. The monoisotopic (exact) mass is 374 g/mol. The summed E-state index contributed by atoms with van der Waals surface area (Å²) < 4.78 is 39.8. The van der Waals surface area contributed by atoms with E-state index in [0.717, 1.165) is 25.2 Å². The summed E-state index contributed by atoms with van der Waals surface area (Å²) in [6.45, 7) is 2.54. The summed E-state index contributed by atoms with van der Waals surface area (Å²) >= 11 is 11.8. The third-order valence-electron chi connectivity index (χ3n) is 3.92. The van der Waals surface area contributed by atoms with Crippen molar-refractivity contribution in [3.8, 4) is 0 Å². The SMILES string of the molecule is Cl.O=S(=O)(c1c(Cl)cc(F)cc1Cl)N1C[C@H]2CNC[C@H]2C1. The molecule has 1 aromatic carbocycles. The Balaban J connectivity index is 0.00000161. The highest BCUT2D eigenvalue weighted by Gasteiger charge is 2.42. The molecule has 4 nitrogen and oxygen atoms in total. The molecular weight excluding hydrogens is 362 g/mol. The van der Waals surface area contributed by atoms with Crippen LogP contribution in [0.1, 0.15) is 0 Å². The predicted octanol–water partition coefficient (Wildman–Crippen LogP) is 2.39. The first kappa shape index (κ1) is 17.2. The van der Waals surface area contributed by atoms with Gasteiger partial charge in [-0.1, -0.05) is 23.2 Å². The molecular formula is C12H14Cl3FN2O2S. The zero-order chi connectivity index (χ0) is 14.5. The molecule has 3 rings (SSSR count). The highest BCUT2D eigenvalue weighted by atomic mass is 35.5. The molecule has 0 saturated carbocycles. The van der Waals surface area contributed by atoms with Crippen LogP contribution in [-0.2, 0) is 10.0 Å². The average Bonchev–Trinajstić information content (AvgIpc) is 2.85. The van der Waals surface area contributed by atoms with Gasteiger partial charge in [0.15, 0.2) is 0 Å². The van der Waals surface area contributed by atoms with E-state index in [4.69, 9.17) is 23.2 Å². The van der Waals surface area contributed by atoms with Gasteiger partial charge in [0.25, 0.3) is 0 Å². The first-order valence-corrected chi connectivity index (χ1v) is 8.44. The van der Waals surface area contributed by atoms with Crippen molar-refractivity contribution in [1.82, 2.24) is 9.62 Å². The molecule has 0 amide bonds. The molecule has 1 aromatic rings. The summed E-state index contributed by atoms with van der Waals surface area (Å²) in [4.78, 5) is -0.199. The Morgan fingerprint density at radius 1 is 1.14 bits per heavy atom. The summed E-state index contributed by atoms with van der Waals surface area (Å²) in [6.07, 6.45) is 0. The van der Waals surface area contributed by atoms with Gasteiger partial charge in [0.05, 0.1) is 10.0 Å². The molecule has 0 aromatic heterocycles. The van der Waals surface area contributed by atoms with Crippen molar-refractivity contribution in [1.29, 1.82) is 0 Å². The van der Waals surface area contributed by atoms with Crippen molar-refractivity contribution in [3.05, 3.63) is 28.0 Å². The number of nitrogens with zero attached hydrogens (tertiary/aromatic N) is 1. The van der Waals surface area contributed by atoms with E-state index < -0.39 is 15.8 Å². The largest absolute Gasteiger partial charge is 0.316 e. The molecule has 2 saturated heterocycles. The van der Waals surface area contributed by atoms with E-state index in [2.05, 4.69) is 5.32 Å². The molecule has 2 aliphatic heterocycles. The minimum atomic E-state index is -3.78. The normalized spacial score (nSPS) is 25.7. The van der Waals surface area contributed by atoms with Crippen molar-refractivity contribution in [3.63, 3.8) is 0 Å². The molecule has 21 heavy (non-hydrogen) atoms. The topological polar surface area (TPSA) is 49.4 Å². The minimum absolute atomic E-state index is 0. The highest BCUT2D eigenvalue weighted by molar-refractivity contribution is 7.89. The van der Waals surface area contributed by atoms with Crippen molar-refractivity contribution < 1.29 is 12.8 Å². The van der Waals surface area contributed by atoms with Gasteiger partial charge in [-0.25, -0.2) is 12.8 Å². The molecule has 2 atom stereocenters.